The van der Waals surface area contributed by atoms with Gasteiger partial charge in [-0.1, -0.05) is 0 Å². The fourth-order valence-corrected chi connectivity index (χ4v) is 0. The van der Waals surface area contributed by atoms with Gasteiger partial charge in [-0.05, 0) is 0 Å². The summed E-state index contributed by atoms with van der Waals surface area (Å²) in [6.45, 7) is 0. The van der Waals surface area contributed by atoms with Gasteiger partial charge in [0.1, 0.15) is 0 Å². The fraction of sp³-hybridized carbons (Fsp3) is 1.00. The summed E-state index contributed by atoms with van der Waals surface area (Å²) >= 11 is 0. The van der Waals surface area contributed by atoms with Crippen LogP contribution in [0.15, 0.2) is 0 Å². The van der Waals surface area contributed by atoms with Crippen LogP contribution < -0.4 is 4.66 Å². The topological polar surface area (TPSA) is 83.8 Å². The monoisotopic (exact) mass is 176 g/mol. The van der Waals surface area contributed by atoms with Gasteiger partial charge in [0.15, 0.2) is 0 Å². The molecule has 0 saturated heterocycles. The standard InChI is InChI=1S/C4H12N.ClH3O4/c1-5(2,3)4;2-1(3,4)5/h1-4H3;2-4H/q+1;. The van der Waals surface area contributed by atoms with Gasteiger partial charge in [-0.2, -0.15) is 0 Å². The first-order chi connectivity index (χ1) is 4.00. The van der Waals surface area contributed by atoms with Gasteiger partial charge in [0, 0.05) is 0 Å². The second-order valence-electron chi connectivity index (χ2n) is 3.12. The molecular formula is C4H15ClNO4+. The van der Waals surface area contributed by atoms with Crippen molar-refractivity contribution in [2.45, 2.75) is 0 Å². The molecule has 0 fully saturated rings. The van der Waals surface area contributed by atoms with E-state index in [0.717, 1.165) is 4.48 Å². The molecule has 0 bridgehead atoms. The van der Waals surface area contributed by atoms with Crippen LogP contribution >= 0.6 is 0 Å². The molecule has 0 aliphatic rings. The molecule has 0 aliphatic carbocycles. The van der Waals surface area contributed by atoms with E-state index in [2.05, 4.69) is 28.2 Å². The third-order valence-electron chi connectivity index (χ3n) is 0. The van der Waals surface area contributed by atoms with E-state index in [0.29, 0.717) is 0 Å². The van der Waals surface area contributed by atoms with Crippen molar-refractivity contribution < 1.29 is 33.4 Å². The van der Waals surface area contributed by atoms with Gasteiger partial charge in [0.25, 0.3) is 0 Å². The Labute approximate surface area is 62.4 Å². The van der Waals surface area contributed by atoms with Crippen molar-refractivity contribution in [1.82, 2.24) is 0 Å². The Balaban J connectivity index is 0. The summed E-state index contributed by atoms with van der Waals surface area (Å²) < 4.78 is 31.2. The number of halogens is 1. The number of hydrogen-bond donors (Lipinski definition) is 3. The SMILES string of the molecule is C[N+](C)(C)C.[O-][Cl+](O)(O)O. The van der Waals surface area contributed by atoms with E-state index in [1.54, 1.807) is 0 Å². The molecule has 0 saturated carbocycles. The van der Waals surface area contributed by atoms with E-state index < -0.39 is 10.2 Å². The quantitative estimate of drug-likeness (QED) is 0.355. The van der Waals surface area contributed by atoms with Crippen LogP contribution in [0.1, 0.15) is 0 Å². The summed E-state index contributed by atoms with van der Waals surface area (Å²) in [5.41, 5.74) is 0. The van der Waals surface area contributed by atoms with Crippen molar-refractivity contribution in [2.24, 2.45) is 0 Å². The molecule has 0 rings (SSSR count). The average molecular weight is 177 g/mol. The van der Waals surface area contributed by atoms with E-state index in [9.17, 15) is 0 Å². The van der Waals surface area contributed by atoms with Gasteiger partial charge < -0.3 is 4.48 Å². The summed E-state index contributed by atoms with van der Waals surface area (Å²) in [6.07, 6.45) is 0. The van der Waals surface area contributed by atoms with Gasteiger partial charge in [-0.3, -0.25) is 0 Å². The predicted molar refractivity (Wildman–Crippen MR) is 30.6 cm³/mol. The van der Waals surface area contributed by atoms with Crippen LogP contribution in [0.5, 0.6) is 0 Å². The summed E-state index contributed by atoms with van der Waals surface area (Å²) in [4.78, 5) is 0. The average Bonchev–Trinajstić information content (AvgIpc) is 1.12. The van der Waals surface area contributed by atoms with Gasteiger partial charge in [-0.25, -0.2) is 0 Å². The second-order valence-corrected chi connectivity index (χ2v) is 3.98. The van der Waals surface area contributed by atoms with Crippen LogP contribution in [0.4, 0.5) is 0 Å². The van der Waals surface area contributed by atoms with E-state index >= 15 is 0 Å². The minimum atomic E-state index is -4.19. The normalized spacial score (nSPS) is 13.6. The Morgan fingerprint density at radius 1 is 1.00 bits per heavy atom. The first-order valence-corrected chi connectivity index (χ1v) is 3.77. The van der Waals surface area contributed by atoms with E-state index in [1.165, 1.54) is 0 Å². The van der Waals surface area contributed by atoms with E-state index in [-0.39, 0.29) is 0 Å². The molecule has 66 valence electrons. The van der Waals surface area contributed by atoms with Gasteiger partial charge >= 0.3 is 28.9 Å². The van der Waals surface area contributed by atoms with Gasteiger partial charge in [0.2, 0.25) is 0 Å². The summed E-state index contributed by atoms with van der Waals surface area (Å²) in [7, 11) is 4.31. The molecule has 0 atom stereocenters. The van der Waals surface area contributed by atoms with Crippen molar-refractivity contribution in [3.8, 4) is 0 Å². The zero-order chi connectivity index (χ0) is 9.00. The Bertz CT molecular complexity index is 60.2. The maximum absolute atomic E-state index is 8.83. The molecule has 0 heterocycles. The molecular weight excluding hydrogens is 161 g/mol. The molecule has 3 N–H and O–H groups in total. The van der Waals surface area contributed by atoms with Crippen LogP contribution in [0.2, 0.25) is 0 Å². The summed E-state index contributed by atoms with van der Waals surface area (Å²) in [6, 6.07) is 0. The predicted octanol–water partition coefficient (Wildman–Crippen LogP) is -2.54. The third kappa shape index (κ3) is 50200. The Hall–Kier alpha value is 0.0900. The van der Waals surface area contributed by atoms with Gasteiger partial charge in [-0.15, -0.1) is 0 Å². The van der Waals surface area contributed by atoms with Crippen LogP contribution in [0.25, 0.3) is 0 Å². The van der Waals surface area contributed by atoms with Crippen molar-refractivity contribution in [1.29, 1.82) is 0 Å². The second kappa shape index (κ2) is 4.07. The maximum atomic E-state index is 8.83. The third-order valence-corrected chi connectivity index (χ3v) is 0. The molecule has 0 radical (unpaired) electrons. The minimum absolute atomic E-state index is 1.00. The Morgan fingerprint density at radius 2 is 1.00 bits per heavy atom. The number of rotatable bonds is 0. The number of hydrogen-bond acceptors (Lipinski definition) is 4. The molecule has 0 aromatic heterocycles. The molecule has 0 spiro atoms. The first-order valence-electron chi connectivity index (χ1n) is 2.45. The summed E-state index contributed by atoms with van der Waals surface area (Å²) in [5.74, 6) is 0. The fourth-order valence-electron chi connectivity index (χ4n) is 0. The molecule has 0 aromatic carbocycles. The van der Waals surface area contributed by atoms with Crippen molar-refractivity contribution >= 4 is 0 Å². The van der Waals surface area contributed by atoms with Crippen molar-refractivity contribution in [2.75, 3.05) is 28.2 Å². The first kappa shape index (κ1) is 12.7. The molecule has 0 aromatic rings. The molecule has 5 nitrogen and oxygen atoms in total. The van der Waals surface area contributed by atoms with Crippen LogP contribution in [-0.4, -0.2) is 46.7 Å². The zero-order valence-electron chi connectivity index (χ0n) is 6.58. The van der Waals surface area contributed by atoms with Crippen molar-refractivity contribution in [3.05, 3.63) is 0 Å². The Kier molecular flexibility index (Phi) is 5.18. The molecule has 10 heavy (non-hydrogen) atoms. The van der Waals surface area contributed by atoms with Gasteiger partial charge in [0.05, 0.1) is 28.2 Å². The van der Waals surface area contributed by atoms with Crippen LogP contribution in [0.3, 0.4) is 0 Å². The van der Waals surface area contributed by atoms with Crippen LogP contribution in [0, 0.1) is 10.2 Å². The van der Waals surface area contributed by atoms with Crippen molar-refractivity contribution in [3.63, 3.8) is 0 Å². The van der Waals surface area contributed by atoms with E-state index in [1.807, 2.05) is 0 Å². The molecule has 0 unspecified atom stereocenters. The summed E-state index contributed by atoms with van der Waals surface area (Å²) in [5, 5.41) is 0. The zero-order valence-corrected chi connectivity index (χ0v) is 7.33. The molecule has 0 amide bonds. The number of quaternary nitrogens is 1. The Morgan fingerprint density at radius 3 is 1.00 bits per heavy atom. The molecule has 6 heteroatoms. The molecule has 0 aliphatic heterocycles. The van der Waals surface area contributed by atoms with Crippen LogP contribution in [-0.2, 0) is 0 Å². The van der Waals surface area contributed by atoms with E-state index in [4.69, 9.17) is 18.6 Å². The number of nitrogens with zero attached hydrogens (tertiary/aromatic N) is 1.